The molecule has 5 nitrogen and oxygen atoms in total. The van der Waals surface area contributed by atoms with Gasteiger partial charge >= 0.3 is 7.82 Å². The van der Waals surface area contributed by atoms with Crippen molar-refractivity contribution < 1.29 is 23.4 Å². The van der Waals surface area contributed by atoms with Crippen molar-refractivity contribution in [3.05, 3.63) is 0 Å². The van der Waals surface area contributed by atoms with Gasteiger partial charge in [0, 0.05) is 0 Å². The Kier molecular flexibility index (Phi) is 6.46. The first-order valence-electron chi connectivity index (χ1n) is 7.93. The Labute approximate surface area is 129 Å². The van der Waals surface area contributed by atoms with Crippen LogP contribution in [0.15, 0.2) is 0 Å². The maximum Gasteiger partial charge on any atom is 0.470 e. The zero-order valence-electron chi connectivity index (χ0n) is 14.3. The van der Waals surface area contributed by atoms with E-state index in [0.717, 1.165) is 12.8 Å². The Hall–Kier alpha value is 0.0700. The van der Waals surface area contributed by atoms with E-state index >= 15 is 0 Å². The summed E-state index contributed by atoms with van der Waals surface area (Å²) in [6, 6.07) is 0. The number of hydrogen-bond donors (Lipinski definition) is 2. The Bertz CT molecular complexity index is 374. The van der Waals surface area contributed by atoms with Crippen LogP contribution in [0, 0.1) is 23.7 Å². The molecule has 0 spiro atoms. The summed E-state index contributed by atoms with van der Waals surface area (Å²) in [5.41, 5.74) is 0. The lowest BCUT2D eigenvalue weighted by Crippen LogP contribution is -2.48. The molecule has 1 aliphatic rings. The second kappa shape index (κ2) is 7.10. The molecule has 126 valence electrons. The average molecular weight is 322 g/mol. The minimum absolute atomic E-state index is 0.221. The quantitative estimate of drug-likeness (QED) is 0.583. The Morgan fingerprint density at radius 2 is 1.76 bits per heavy atom. The minimum atomic E-state index is -4.46. The molecule has 1 fully saturated rings. The van der Waals surface area contributed by atoms with Crippen molar-refractivity contribution in [1.82, 2.24) is 0 Å². The summed E-state index contributed by atoms with van der Waals surface area (Å²) in [4.78, 5) is 18.6. The third-order valence-corrected chi connectivity index (χ3v) is 5.10. The van der Waals surface area contributed by atoms with Crippen LogP contribution in [-0.4, -0.2) is 48.1 Å². The van der Waals surface area contributed by atoms with Gasteiger partial charge in [0.25, 0.3) is 0 Å². The summed E-state index contributed by atoms with van der Waals surface area (Å²) >= 11 is 0. The zero-order chi connectivity index (χ0) is 16.4. The van der Waals surface area contributed by atoms with E-state index in [0.29, 0.717) is 28.8 Å². The van der Waals surface area contributed by atoms with Gasteiger partial charge in [0.15, 0.2) is 0 Å². The molecule has 4 unspecified atom stereocenters. The first-order chi connectivity index (χ1) is 9.39. The SMILES string of the molecule is CC1CCC(C(C)C)C(C(C[N+](C)(C)C)OP(=O)(O)O)C1. The normalized spacial score (nSPS) is 29.7. The third kappa shape index (κ3) is 6.79. The van der Waals surface area contributed by atoms with Gasteiger partial charge in [-0.3, -0.25) is 4.52 Å². The highest BCUT2D eigenvalue weighted by Crippen LogP contribution is 2.46. The predicted molar refractivity (Wildman–Crippen MR) is 84.6 cm³/mol. The maximum atomic E-state index is 11.4. The van der Waals surface area contributed by atoms with Crippen LogP contribution in [0.2, 0.25) is 0 Å². The second-order valence-electron chi connectivity index (χ2n) is 8.10. The van der Waals surface area contributed by atoms with Crippen LogP contribution in [0.4, 0.5) is 0 Å². The number of quaternary nitrogens is 1. The topological polar surface area (TPSA) is 66.8 Å². The number of hydrogen-bond acceptors (Lipinski definition) is 2. The number of nitrogens with zero attached hydrogens (tertiary/aromatic N) is 1. The van der Waals surface area contributed by atoms with Crippen molar-refractivity contribution in [2.24, 2.45) is 23.7 Å². The van der Waals surface area contributed by atoms with E-state index in [1.165, 1.54) is 6.42 Å². The molecule has 0 aromatic carbocycles. The Morgan fingerprint density at radius 3 is 2.19 bits per heavy atom. The van der Waals surface area contributed by atoms with Gasteiger partial charge in [-0.1, -0.05) is 27.2 Å². The zero-order valence-corrected chi connectivity index (χ0v) is 15.2. The fraction of sp³-hybridized carbons (Fsp3) is 1.00. The molecule has 21 heavy (non-hydrogen) atoms. The molecule has 0 aromatic rings. The molecule has 0 bridgehead atoms. The summed E-state index contributed by atoms with van der Waals surface area (Å²) in [5, 5.41) is 0. The highest BCUT2D eigenvalue weighted by atomic mass is 31.2. The Balaban J connectivity index is 2.99. The molecule has 6 heteroatoms. The summed E-state index contributed by atoms with van der Waals surface area (Å²) in [6.07, 6.45) is 2.93. The molecule has 4 atom stereocenters. The third-order valence-electron chi connectivity index (χ3n) is 4.55. The van der Waals surface area contributed by atoms with Crippen molar-refractivity contribution in [2.75, 3.05) is 27.7 Å². The summed E-state index contributed by atoms with van der Waals surface area (Å²) in [6.45, 7) is 7.25. The number of phosphoric acid groups is 1. The van der Waals surface area contributed by atoms with Gasteiger partial charge in [-0.05, 0) is 36.5 Å². The number of rotatable bonds is 6. The molecule has 0 amide bonds. The van der Waals surface area contributed by atoms with E-state index in [-0.39, 0.29) is 12.0 Å². The van der Waals surface area contributed by atoms with Crippen molar-refractivity contribution in [3.63, 3.8) is 0 Å². The van der Waals surface area contributed by atoms with Crippen molar-refractivity contribution in [3.8, 4) is 0 Å². The fourth-order valence-corrected chi connectivity index (χ4v) is 4.24. The highest BCUT2D eigenvalue weighted by Gasteiger charge is 2.41. The van der Waals surface area contributed by atoms with Crippen molar-refractivity contribution in [1.29, 1.82) is 0 Å². The van der Waals surface area contributed by atoms with E-state index in [2.05, 4.69) is 20.8 Å². The number of phosphoric ester groups is 1. The molecule has 1 aliphatic carbocycles. The summed E-state index contributed by atoms with van der Waals surface area (Å²) < 4.78 is 17.3. The van der Waals surface area contributed by atoms with Crippen LogP contribution in [-0.2, 0) is 9.09 Å². The summed E-state index contributed by atoms with van der Waals surface area (Å²) in [5.74, 6) is 1.81. The molecule has 0 aliphatic heterocycles. The molecule has 2 N–H and O–H groups in total. The predicted octanol–water partition coefficient (Wildman–Crippen LogP) is 2.88. The second-order valence-corrected chi connectivity index (χ2v) is 9.29. The maximum absolute atomic E-state index is 11.4. The van der Waals surface area contributed by atoms with Crippen LogP contribution in [0.1, 0.15) is 40.0 Å². The fourth-order valence-electron chi connectivity index (χ4n) is 3.67. The molecule has 0 heterocycles. The molecular weight excluding hydrogens is 289 g/mol. The van der Waals surface area contributed by atoms with E-state index in [9.17, 15) is 14.4 Å². The lowest BCUT2D eigenvalue weighted by molar-refractivity contribution is -0.873. The van der Waals surface area contributed by atoms with Gasteiger partial charge in [0.2, 0.25) is 0 Å². The van der Waals surface area contributed by atoms with Crippen LogP contribution < -0.4 is 0 Å². The van der Waals surface area contributed by atoms with Gasteiger partial charge in [0.1, 0.15) is 12.6 Å². The van der Waals surface area contributed by atoms with Gasteiger partial charge in [-0.15, -0.1) is 0 Å². The minimum Gasteiger partial charge on any atom is -0.329 e. The first-order valence-corrected chi connectivity index (χ1v) is 9.46. The molecule has 1 rings (SSSR count). The van der Waals surface area contributed by atoms with E-state index in [1.807, 2.05) is 21.1 Å². The van der Waals surface area contributed by atoms with Crippen LogP contribution in [0.3, 0.4) is 0 Å². The van der Waals surface area contributed by atoms with Gasteiger partial charge in [-0.2, -0.15) is 0 Å². The van der Waals surface area contributed by atoms with Gasteiger partial charge in [-0.25, -0.2) is 4.57 Å². The standard InChI is InChI=1S/C15H32NO4P/c1-11(2)13-8-7-12(3)9-14(13)15(10-16(4,5)6)20-21(17,18)19/h11-15H,7-10H2,1-6H3,(H-,17,18,19)/p+1. The molecular formula is C15H33NO4P+. The Morgan fingerprint density at radius 1 is 1.19 bits per heavy atom. The van der Waals surface area contributed by atoms with E-state index in [4.69, 9.17) is 4.52 Å². The smallest absolute Gasteiger partial charge is 0.329 e. The van der Waals surface area contributed by atoms with Gasteiger partial charge in [0.05, 0.1) is 21.1 Å². The average Bonchev–Trinajstić information content (AvgIpc) is 2.23. The van der Waals surface area contributed by atoms with Crippen LogP contribution >= 0.6 is 7.82 Å². The van der Waals surface area contributed by atoms with Crippen LogP contribution in [0.5, 0.6) is 0 Å². The first kappa shape index (κ1) is 19.1. The lowest BCUT2D eigenvalue weighted by Gasteiger charge is -2.42. The van der Waals surface area contributed by atoms with Crippen molar-refractivity contribution >= 4 is 7.82 Å². The molecule has 0 aromatic heterocycles. The van der Waals surface area contributed by atoms with Crippen molar-refractivity contribution in [2.45, 2.75) is 46.1 Å². The largest absolute Gasteiger partial charge is 0.470 e. The molecule has 1 saturated carbocycles. The number of likely N-dealkylation sites (N-methyl/N-ethyl adjacent to an activating group) is 1. The highest BCUT2D eigenvalue weighted by molar-refractivity contribution is 7.46. The molecule has 0 saturated heterocycles. The van der Waals surface area contributed by atoms with E-state index in [1.54, 1.807) is 0 Å². The van der Waals surface area contributed by atoms with Gasteiger partial charge < -0.3 is 14.3 Å². The monoisotopic (exact) mass is 322 g/mol. The lowest BCUT2D eigenvalue weighted by atomic mass is 9.68. The van der Waals surface area contributed by atoms with E-state index < -0.39 is 7.82 Å². The molecule has 0 radical (unpaired) electrons. The summed E-state index contributed by atoms with van der Waals surface area (Å²) in [7, 11) is 1.64. The van der Waals surface area contributed by atoms with Crippen LogP contribution in [0.25, 0.3) is 0 Å².